The predicted molar refractivity (Wildman–Crippen MR) is 82.3 cm³/mol. The largest absolute Gasteiger partial charge is 0.444 e. The highest BCUT2D eigenvalue weighted by Gasteiger charge is 2.34. The van der Waals surface area contributed by atoms with Crippen LogP contribution in [0.2, 0.25) is 0 Å². The lowest BCUT2D eigenvalue weighted by molar-refractivity contribution is 0.0199. The number of hydrogen-bond acceptors (Lipinski definition) is 4. The van der Waals surface area contributed by atoms with E-state index in [2.05, 4.69) is 17.6 Å². The van der Waals surface area contributed by atoms with Crippen LogP contribution in [0.5, 0.6) is 0 Å². The van der Waals surface area contributed by atoms with Crippen molar-refractivity contribution >= 4 is 6.09 Å². The summed E-state index contributed by atoms with van der Waals surface area (Å²) in [7, 11) is 0. The number of rotatable bonds is 4. The van der Waals surface area contributed by atoms with E-state index in [-0.39, 0.29) is 12.1 Å². The van der Waals surface area contributed by atoms with E-state index in [0.717, 1.165) is 45.4 Å². The van der Waals surface area contributed by atoms with Crippen molar-refractivity contribution in [1.29, 1.82) is 0 Å². The molecule has 1 heterocycles. The first-order chi connectivity index (χ1) is 9.76. The number of nitrogens with one attached hydrogen (secondary N) is 2. The van der Waals surface area contributed by atoms with Gasteiger partial charge in [0, 0.05) is 31.8 Å². The van der Waals surface area contributed by atoms with Gasteiger partial charge in [-0.15, -0.1) is 0 Å². The molecule has 2 N–H and O–H groups in total. The van der Waals surface area contributed by atoms with Gasteiger partial charge < -0.3 is 20.1 Å². The van der Waals surface area contributed by atoms with E-state index < -0.39 is 5.60 Å². The quantitative estimate of drug-likeness (QED) is 0.837. The Morgan fingerprint density at radius 2 is 1.86 bits per heavy atom. The lowest BCUT2D eigenvalue weighted by atomic mass is 9.80. The molecule has 122 valence electrons. The van der Waals surface area contributed by atoms with Crippen molar-refractivity contribution in [3.05, 3.63) is 0 Å². The molecule has 0 radical (unpaired) electrons. The van der Waals surface area contributed by atoms with Crippen molar-refractivity contribution in [2.75, 3.05) is 19.8 Å². The summed E-state index contributed by atoms with van der Waals surface area (Å²) < 4.78 is 10.7. The standard InChI is InChI=1S/C16H30N2O3/c1-15(2,3)21-14(19)18-13-9-12(10-13)17-11-16(4)5-7-20-8-6-16/h12-13,17H,5-11H2,1-4H3,(H,18,19). The summed E-state index contributed by atoms with van der Waals surface area (Å²) in [6.45, 7) is 10.8. The van der Waals surface area contributed by atoms with Crippen LogP contribution in [-0.2, 0) is 9.47 Å². The highest BCUT2D eigenvalue weighted by molar-refractivity contribution is 5.68. The maximum Gasteiger partial charge on any atom is 0.407 e. The first-order valence-corrected chi connectivity index (χ1v) is 8.06. The van der Waals surface area contributed by atoms with Gasteiger partial charge in [-0.25, -0.2) is 4.79 Å². The van der Waals surface area contributed by atoms with Crippen LogP contribution in [0.1, 0.15) is 53.4 Å². The van der Waals surface area contributed by atoms with Crippen LogP contribution in [0.25, 0.3) is 0 Å². The van der Waals surface area contributed by atoms with Gasteiger partial charge >= 0.3 is 6.09 Å². The van der Waals surface area contributed by atoms with Crippen LogP contribution in [0.3, 0.4) is 0 Å². The van der Waals surface area contributed by atoms with Gasteiger partial charge in [0.05, 0.1) is 0 Å². The maximum absolute atomic E-state index is 11.7. The Labute approximate surface area is 128 Å². The number of alkyl carbamates (subject to hydrolysis) is 1. The summed E-state index contributed by atoms with van der Waals surface area (Å²) in [5.74, 6) is 0. The fourth-order valence-corrected chi connectivity index (χ4v) is 2.81. The second-order valence-electron chi connectivity index (χ2n) is 7.82. The maximum atomic E-state index is 11.7. The molecule has 2 aliphatic rings. The summed E-state index contributed by atoms with van der Waals surface area (Å²) in [4.78, 5) is 11.7. The second kappa shape index (κ2) is 6.53. The summed E-state index contributed by atoms with van der Waals surface area (Å²) in [6.07, 6.45) is 3.94. The van der Waals surface area contributed by atoms with Gasteiger partial charge in [0.25, 0.3) is 0 Å². The normalized spacial score (nSPS) is 28.6. The number of carbonyl (C=O) groups is 1. The Kier molecular flexibility index (Phi) is 5.15. The minimum atomic E-state index is -0.427. The molecule has 5 heteroatoms. The lowest BCUT2D eigenvalue weighted by Crippen LogP contribution is -2.54. The average Bonchev–Trinajstić information content (AvgIpc) is 2.30. The molecule has 21 heavy (non-hydrogen) atoms. The summed E-state index contributed by atoms with van der Waals surface area (Å²) in [5, 5.41) is 6.56. The summed E-state index contributed by atoms with van der Waals surface area (Å²) >= 11 is 0. The van der Waals surface area contributed by atoms with Gasteiger partial charge in [-0.1, -0.05) is 6.92 Å². The topological polar surface area (TPSA) is 59.6 Å². The number of carbonyl (C=O) groups excluding carboxylic acids is 1. The SMILES string of the molecule is CC1(CNC2CC(NC(=O)OC(C)(C)C)C2)CCOCC1. The molecule has 1 amide bonds. The van der Waals surface area contributed by atoms with Crippen molar-refractivity contribution in [3.63, 3.8) is 0 Å². The van der Waals surface area contributed by atoms with E-state index in [9.17, 15) is 4.79 Å². The van der Waals surface area contributed by atoms with Crippen molar-refractivity contribution < 1.29 is 14.3 Å². The molecule has 1 aliphatic carbocycles. The highest BCUT2D eigenvalue weighted by Crippen LogP contribution is 2.30. The fraction of sp³-hybridized carbons (Fsp3) is 0.938. The molecule has 1 saturated heterocycles. The molecule has 2 fully saturated rings. The third kappa shape index (κ3) is 5.47. The van der Waals surface area contributed by atoms with Gasteiger partial charge in [0.1, 0.15) is 5.60 Å². The molecule has 0 aromatic carbocycles. The van der Waals surface area contributed by atoms with Crippen molar-refractivity contribution in [2.24, 2.45) is 5.41 Å². The van der Waals surface area contributed by atoms with Crippen LogP contribution in [0.15, 0.2) is 0 Å². The molecule has 0 spiro atoms. The minimum absolute atomic E-state index is 0.250. The number of ether oxygens (including phenoxy) is 2. The molecular formula is C16H30N2O3. The van der Waals surface area contributed by atoms with Crippen LogP contribution in [0.4, 0.5) is 4.79 Å². The van der Waals surface area contributed by atoms with Gasteiger partial charge in [-0.2, -0.15) is 0 Å². The van der Waals surface area contributed by atoms with Gasteiger partial charge in [-0.3, -0.25) is 0 Å². The van der Waals surface area contributed by atoms with Gasteiger partial charge in [0.15, 0.2) is 0 Å². The molecule has 1 saturated carbocycles. The highest BCUT2D eigenvalue weighted by atomic mass is 16.6. The first-order valence-electron chi connectivity index (χ1n) is 8.06. The molecule has 0 bridgehead atoms. The third-order valence-electron chi connectivity index (χ3n) is 4.38. The molecular weight excluding hydrogens is 268 g/mol. The molecule has 0 aromatic heterocycles. The molecule has 5 nitrogen and oxygen atoms in total. The Balaban J connectivity index is 1.60. The molecule has 2 rings (SSSR count). The van der Waals surface area contributed by atoms with E-state index in [1.807, 2.05) is 20.8 Å². The molecule has 0 aromatic rings. The van der Waals surface area contributed by atoms with E-state index in [1.165, 1.54) is 0 Å². The van der Waals surface area contributed by atoms with Crippen molar-refractivity contribution in [3.8, 4) is 0 Å². The van der Waals surface area contributed by atoms with E-state index in [4.69, 9.17) is 9.47 Å². The molecule has 0 unspecified atom stereocenters. The van der Waals surface area contributed by atoms with Crippen molar-refractivity contribution in [2.45, 2.75) is 71.1 Å². The van der Waals surface area contributed by atoms with E-state index in [1.54, 1.807) is 0 Å². The number of hydrogen-bond donors (Lipinski definition) is 2. The lowest BCUT2D eigenvalue weighted by Gasteiger charge is -2.40. The summed E-state index contributed by atoms with van der Waals surface area (Å²) in [5.41, 5.74) is -0.0644. The second-order valence-corrected chi connectivity index (χ2v) is 7.82. The van der Waals surface area contributed by atoms with Crippen molar-refractivity contribution in [1.82, 2.24) is 10.6 Å². The number of amides is 1. The summed E-state index contributed by atoms with van der Waals surface area (Å²) in [6, 6.07) is 0.768. The average molecular weight is 298 g/mol. The monoisotopic (exact) mass is 298 g/mol. The van der Waals surface area contributed by atoms with Gasteiger partial charge in [-0.05, 0) is 51.9 Å². The third-order valence-corrected chi connectivity index (χ3v) is 4.38. The fourth-order valence-electron chi connectivity index (χ4n) is 2.81. The Morgan fingerprint density at radius 1 is 1.24 bits per heavy atom. The zero-order chi connectivity index (χ0) is 15.5. The van der Waals surface area contributed by atoms with Crippen LogP contribution in [0, 0.1) is 5.41 Å². The minimum Gasteiger partial charge on any atom is -0.444 e. The molecule has 1 aliphatic heterocycles. The van der Waals surface area contributed by atoms with E-state index in [0.29, 0.717) is 11.5 Å². The van der Waals surface area contributed by atoms with Crippen LogP contribution >= 0.6 is 0 Å². The first kappa shape index (κ1) is 16.6. The predicted octanol–water partition coefficient (Wildman–Crippen LogP) is 2.45. The molecule has 0 atom stereocenters. The van der Waals surface area contributed by atoms with Crippen LogP contribution < -0.4 is 10.6 Å². The Bertz CT molecular complexity index is 353. The zero-order valence-electron chi connectivity index (χ0n) is 13.8. The van der Waals surface area contributed by atoms with Crippen LogP contribution in [-0.4, -0.2) is 43.5 Å². The van der Waals surface area contributed by atoms with Gasteiger partial charge in [0.2, 0.25) is 0 Å². The smallest absolute Gasteiger partial charge is 0.407 e. The Morgan fingerprint density at radius 3 is 2.43 bits per heavy atom. The Hall–Kier alpha value is -0.810. The zero-order valence-corrected chi connectivity index (χ0v) is 13.8. The van der Waals surface area contributed by atoms with E-state index >= 15 is 0 Å².